The lowest BCUT2D eigenvalue weighted by Crippen LogP contribution is -2.41. The van der Waals surface area contributed by atoms with Gasteiger partial charge in [0.25, 0.3) is 0 Å². The molecule has 1 aliphatic carbocycles. The summed E-state index contributed by atoms with van der Waals surface area (Å²) < 4.78 is 22.6. The fourth-order valence-corrected chi connectivity index (χ4v) is 3.19. The summed E-state index contributed by atoms with van der Waals surface area (Å²) in [5, 5.41) is 9.33. The molecule has 0 spiro atoms. The van der Waals surface area contributed by atoms with Gasteiger partial charge in [0.2, 0.25) is 0 Å². The average Bonchev–Trinajstić information content (AvgIpc) is 2.17. The van der Waals surface area contributed by atoms with E-state index < -0.39 is 20.0 Å². The van der Waals surface area contributed by atoms with E-state index in [0.717, 1.165) is 0 Å². The van der Waals surface area contributed by atoms with Crippen LogP contribution in [-0.4, -0.2) is 29.6 Å². The second-order valence-electron chi connectivity index (χ2n) is 3.46. The fourth-order valence-electron chi connectivity index (χ4n) is 1.31. The van der Waals surface area contributed by atoms with Gasteiger partial charge in [0, 0.05) is 0 Å². The molecule has 0 aromatic carbocycles. The third-order valence-corrected chi connectivity index (χ3v) is 5.32. The number of alkyl halides is 1. The summed E-state index contributed by atoms with van der Waals surface area (Å²) in [4.78, 5) is 0. The van der Waals surface area contributed by atoms with Crippen LogP contribution in [0.2, 0.25) is 0 Å². The molecule has 3 nitrogen and oxygen atoms in total. The Hall–Kier alpha value is -0.320. The second-order valence-corrected chi connectivity index (χ2v) is 6.33. The quantitative estimate of drug-likeness (QED) is 0.750. The molecular weight excluding hydrogens is 224 g/mol. The van der Waals surface area contributed by atoms with E-state index in [1.165, 1.54) is 0 Å². The highest BCUT2D eigenvalue weighted by molar-refractivity contribution is 7.93. The summed E-state index contributed by atoms with van der Waals surface area (Å²) >= 11 is 5.35. The number of sulfone groups is 1. The molecule has 0 aromatic rings. The topological polar surface area (TPSA) is 54.4 Å². The van der Waals surface area contributed by atoms with Gasteiger partial charge in [0.05, 0.1) is 10.6 Å². The third-order valence-electron chi connectivity index (χ3n) is 2.36. The Labute approximate surface area is 89.0 Å². The molecule has 0 aliphatic heterocycles. The molecule has 0 amide bonds. The normalized spacial score (nSPS) is 29.1. The summed E-state index contributed by atoms with van der Waals surface area (Å²) in [7, 11) is -3.63. The Morgan fingerprint density at radius 2 is 2.21 bits per heavy atom. The minimum Gasteiger partial charge on any atom is -0.376 e. The molecule has 0 saturated heterocycles. The summed E-state index contributed by atoms with van der Waals surface area (Å²) in [6.07, 6.45) is 7.17. The summed E-state index contributed by atoms with van der Waals surface area (Å²) in [6, 6.07) is 0. The maximum atomic E-state index is 11.8. The smallest absolute Gasteiger partial charge is 0.187 e. The molecule has 0 radical (unpaired) electrons. The van der Waals surface area contributed by atoms with Crippen molar-refractivity contribution >= 4 is 21.4 Å². The van der Waals surface area contributed by atoms with Crippen LogP contribution in [0.4, 0.5) is 0 Å². The molecule has 0 heterocycles. The molecule has 2 atom stereocenters. The molecule has 1 aliphatic rings. The maximum Gasteiger partial charge on any atom is 0.187 e. The van der Waals surface area contributed by atoms with E-state index in [0.29, 0.717) is 6.42 Å². The van der Waals surface area contributed by atoms with E-state index in [2.05, 4.69) is 0 Å². The molecule has 0 saturated carbocycles. The van der Waals surface area contributed by atoms with Gasteiger partial charge in [0.1, 0.15) is 0 Å². The zero-order valence-corrected chi connectivity index (χ0v) is 9.42. The second kappa shape index (κ2) is 4.04. The van der Waals surface area contributed by atoms with Crippen molar-refractivity contribution in [1.29, 1.82) is 0 Å². The molecule has 14 heavy (non-hydrogen) atoms. The van der Waals surface area contributed by atoms with Crippen molar-refractivity contribution < 1.29 is 13.5 Å². The van der Waals surface area contributed by atoms with Crippen molar-refractivity contribution in [3.63, 3.8) is 0 Å². The lowest BCUT2D eigenvalue weighted by Gasteiger charge is -2.28. The first-order chi connectivity index (χ1) is 6.44. The number of rotatable bonds is 3. The number of aliphatic hydroxyl groups excluding tert-OH is 1. The molecule has 5 heteroatoms. The van der Waals surface area contributed by atoms with Gasteiger partial charge in [-0.25, -0.2) is 8.42 Å². The van der Waals surface area contributed by atoms with Crippen molar-refractivity contribution in [2.75, 3.05) is 5.88 Å². The van der Waals surface area contributed by atoms with E-state index in [4.69, 9.17) is 11.6 Å². The van der Waals surface area contributed by atoms with E-state index in [-0.39, 0.29) is 5.88 Å². The van der Waals surface area contributed by atoms with Gasteiger partial charge in [-0.15, -0.1) is 11.6 Å². The van der Waals surface area contributed by atoms with Gasteiger partial charge >= 0.3 is 0 Å². The Morgan fingerprint density at radius 3 is 2.64 bits per heavy atom. The van der Waals surface area contributed by atoms with Crippen LogP contribution in [-0.2, 0) is 9.84 Å². The molecule has 1 N–H and O–H groups in total. The predicted octanol–water partition coefficient (Wildman–Crippen LogP) is 1.23. The number of hydrogen-bond acceptors (Lipinski definition) is 3. The lowest BCUT2D eigenvalue weighted by molar-refractivity contribution is 0.267. The monoisotopic (exact) mass is 236 g/mol. The first-order valence-corrected chi connectivity index (χ1v) is 6.34. The van der Waals surface area contributed by atoms with Crippen LogP contribution in [0.1, 0.15) is 13.3 Å². The molecule has 0 fully saturated rings. The van der Waals surface area contributed by atoms with E-state index in [1.807, 2.05) is 0 Å². The number of halogens is 1. The van der Waals surface area contributed by atoms with Crippen molar-refractivity contribution in [2.24, 2.45) is 0 Å². The molecule has 0 aromatic heterocycles. The zero-order valence-electron chi connectivity index (χ0n) is 7.85. The molecule has 80 valence electrons. The minimum atomic E-state index is -3.63. The van der Waals surface area contributed by atoms with E-state index in [9.17, 15) is 13.5 Å². The zero-order chi connectivity index (χ0) is 10.8. The van der Waals surface area contributed by atoms with Crippen LogP contribution in [0, 0.1) is 0 Å². The van der Waals surface area contributed by atoms with Crippen LogP contribution >= 0.6 is 11.6 Å². The number of allylic oxidation sites excluding steroid dienone is 3. The Balaban J connectivity index is 3.04. The largest absolute Gasteiger partial charge is 0.376 e. The SMILES string of the molecule is CC1(S(=O)(=O)C(O)CCl)C=CC=CC1. The van der Waals surface area contributed by atoms with Crippen molar-refractivity contribution in [1.82, 2.24) is 0 Å². The Bertz CT molecular complexity index is 358. The first kappa shape index (κ1) is 11.8. The highest BCUT2D eigenvalue weighted by Crippen LogP contribution is 2.29. The fraction of sp³-hybridized carbons (Fsp3) is 0.556. The van der Waals surface area contributed by atoms with Crippen LogP contribution < -0.4 is 0 Å². The first-order valence-electron chi connectivity index (χ1n) is 4.26. The standard InChI is InChI=1S/C9H13ClO3S/c1-9(5-3-2-4-6-9)14(12,13)8(11)7-10/h2-5,8,11H,6-7H2,1H3. The Kier molecular flexibility index (Phi) is 3.40. The Morgan fingerprint density at radius 1 is 1.57 bits per heavy atom. The van der Waals surface area contributed by atoms with Crippen LogP contribution in [0.5, 0.6) is 0 Å². The average molecular weight is 237 g/mol. The molecule has 1 rings (SSSR count). The number of aliphatic hydroxyl groups is 1. The predicted molar refractivity (Wildman–Crippen MR) is 56.9 cm³/mol. The van der Waals surface area contributed by atoms with Gasteiger partial charge in [-0.2, -0.15) is 0 Å². The van der Waals surface area contributed by atoms with E-state index >= 15 is 0 Å². The van der Waals surface area contributed by atoms with Gasteiger partial charge in [-0.05, 0) is 13.3 Å². The van der Waals surface area contributed by atoms with Crippen LogP contribution in [0.3, 0.4) is 0 Å². The van der Waals surface area contributed by atoms with E-state index in [1.54, 1.807) is 31.2 Å². The highest BCUT2D eigenvalue weighted by atomic mass is 35.5. The van der Waals surface area contributed by atoms with Crippen LogP contribution in [0.25, 0.3) is 0 Å². The summed E-state index contributed by atoms with van der Waals surface area (Å²) in [5.41, 5.74) is -1.50. The van der Waals surface area contributed by atoms with Gasteiger partial charge in [0.15, 0.2) is 15.3 Å². The molecule has 0 bridgehead atoms. The number of hydrogen-bond donors (Lipinski definition) is 1. The van der Waals surface area contributed by atoms with Gasteiger partial charge < -0.3 is 5.11 Å². The molecule has 2 unspecified atom stereocenters. The van der Waals surface area contributed by atoms with Gasteiger partial charge in [-0.3, -0.25) is 0 Å². The lowest BCUT2D eigenvalue weighted by atomic mass is 10.0. The van der Waals surface area contributed by atoms with Crippen molar-refractivity contribution in [3.05, 3.63) is 24.3 Å². The van der Waals surface area contributed by atoms with Crippen molar-refractivity contribution in [2.45, 2.75) is 23.5 Å². The van der Waals surface area contributed by atoms with Crippen LogP contribution in [0.15, 0.2) is 24.3 Å². The van der Waals surface area contributed by atoms with Gasteiger partial charge in [-0.1, -0.05) is 24.3 Å². The molecular formula is C9H13ClO3S. The minimum absolute atomic E-state index is 0.296. The summed E-state index contributed by atoms with van der Waals surface area (Å²) in [5.74, 6) is -0.296. The highest BCUT2D eigenvalue weighted by Gasteiger charge is 2.41. The summed E-state index contributed by atoms with van der Waals surface area (Å²) in [6.45, 7) is 1.58. The van der Waals surface area contributed by atoms with Crippen molar-refractivity contribution in [3.8, 4) is 0 Å². The maximum absolute atomic E-state index is 11.8. The third kappa shape index (κ3) is 1.87.